The Morgan fingerprint density at radius 2 is 1.47 bits per heavy atom. The first kappa shape index (κ1) is 13.2. The fraction of sp³-hybridized carbons (Fsp3) is 0. The van der Waals surface area contributed by atoms with Gasteiger partial charge in [-0.15, -0.1) is 5.46 Å². The third kappa shape index (κ3) is 3.37. The molecule has 1 N–H and O–H groups in total. The van der Waals surface area contributed by atoms with Gasteiger partial charge in [0.05, 0.1) is 0 Å². The van der Waals surface area contributed by atoms with Gasteiger partial charge in [-0.05, 0) is 12.1 Å². The first-order valence-corrected chi connectivity index (χ1v) is 5.63. The molecular formula is C13H10BF3NO-. The molecule has 0 saturated heterocycles. The molecule has 0 fully saturated rings. The fourth-order valence-electron chi connectivity index (χ4n) is 1.58. The second-order valence-corrected chi connectivity index (χ2v) is 4.02. The average molecular weight is 264 g/mol. The normalized spacial score (nSPS) is 11.1. The topological polar surface area (TPSA) is 29.1 Å². The van der Waals surface area contributed by atoms with E-state index in [1.165, 1.54) is 12.1 Å². The SMILES string of the molecule is O=C(Nc1ccccc1)c1ccc([B-](F)(F)F)cc1. The van der Waals surface area contributed by atoms with Gasteiger partial charge in [0.25, 0.3) is 5.91 Å². The zero-order valence-corrected chi connectivity index (χ0v) is 9.82. The number of para-hydroxylation sites is 1. The molecule has 0 atom stereocenters. The van der Waals surface area contributed by atoms with Crippen molar-refractivity contribution in [3.63, 3.8) is 0 Å². The van der Waals surface area contributed by atoms with Crippen LogP contribution in [0.3, 0.4) is 0 Å². The third-order valence-electron chi connectivity index (χ3n) is 2.58. The van der Waals surface area contributed by atoms with Crippen molar-refractivity contribution in [3.05, 3.63) is 60.2 Å². The maximum atomic E-state index is 12.4. The van der Waals surface area contributed by atoms with Crippen LogP contribution in [0.4, 0.5) is 18.6 Å². The van der Waals surface area contributed by atoms with Crippen LogP contribution >= 0.6 is 0 Å². The number of nitrogens with one attached hydrogen (secondary N) is 1. The van der Waals surface area contributed by atoms with Crippen LogP contribution in [0.25, 0.3) is 0 Å². The Bertz CT molecular complexity index is 567. The fourth-order valence-corrected chi connectivity index (χ4v) is 1.58. The van der Waals surface area contributed by atoms with E-state index in [0.717, 1.165) is 12.1 Å². The highest BCUT2D eigenvalue weighted by Gasteiger charge is 2.25. The van der Waals surface area contributed by atoms with E-state index in [-0.39, 0.29) is 5.56 Å². The van der Waals surface area contributed by atoms with E-state index in [1.807, 2.05) is 0 Å². The van der Waals surface area contributed by atoms with Crippen molar-refractivity contribution in [1.29, 1.82) is 0 Å². The predicted octanol–water partition coefficient (Wildman–Crippen LogP) is 2.99. The van der Waals surface area contributed by atoms with Crippen LogP contribution in [-0.4, -0.2) is 12.9 Å². The van der Waals surface area contributed by atoms with Gasteiger partial charge in [0.2, 0.25) is 0 Å². The molecule has 2 nitrogen and oxygen atoms in total. The van der Waals surface area contributed by atoms with Gasteiger partial charge >= 0.3 is 6.98 Å². The van der Waals surface area contributed by atoms with Gasteiger partial charge in [-0.25, -0.2) is 0 Å². The molecule has 98 valence electrons. The second kappa shape index (κ2) is 5.18. The Labute approximate surface area is 108 Å². The number of hydrogen-bond acceptors (Lipinski definition) is 1. The van der Waals surface area contributed by atoms with Crippen LogP contribution in [-0.2, 0) is 0 Å². The molecule has 19 heavy (non-hydrogen) atoms. The standard InChI is InChI=1S/C13H10BF3NO/c15-14(16,17)11-8-6-10(7-9-11)13(19)18-12-4-2-1-3-5-12/h1-9H,(H,18,19)/q-1. The molecule has 0 radical (unpaired) electrons. The third-order valence-corrected chi connectivity index (χ3v) is 2.58. The average Bonchev–Trinajstić information content (AvgIpc) is 2.39. The van der Waals surface area contributed by atoms with Crippen LogP contribution in [0, 0.1) is 0 Å². The Balaban J connectivity index is 2.12. The maximum absolute atomic E-state index is 12.4. The summed E-state index contributed by atoms with van der Waals surface area (Å²) in [6.07, 6.45) is 0. The van der Waals surface area contributed by atoms with E-state index in [0.29, 0.717) is 5.69 Å². The molecule has 0 aliphatic rings. The summed E-state index contributed by atoms with van der Waals surface area (Å²) in [4.78, 5) is 11.8. The van der Waals surface area contributed by atoms with Crippen molar-refractivity contribution >= 4 is 24.0 Å². The molecule has 6 heteroatoms. The van der Waals surface area contributed by atoms with Crippen LogP contribution in [0.1, 0.15) is 10.4 Å². The first-order valence-electron chi connectivity index (χ1n) is 5.63. The number of benzene rings is 2. The Kier molecular flexibility index (Phi) is 3.60. The summed E-state index contributed by atoms with van der Waals surface area (Å²) in [6, 6.07) is 12.9. The minimum absolute atomic E-state index is 0.188. The van der Waals surface area contributed by atoms with E-state index < -0.39 is 18.3 Å². The quantitative estimate of drug-likeness (QED) is 0.848. The van der Waals surface area contributed by atoms with Crippen molar-refractivity contribution < 1.29 is 17.7 Å². The van der Waals surface area contributed by atoms with Crippen molar-refractivity contribution in [2.24, 2.45) is 0 Å². The highest BCUT2D eigenvalue weighted by molar-refractivity contribution is 6.73. The molecule has 2 aromatic rings. The molecule has 0 heterocycles. The number of rotatable bonds is 3. The molecular weight excluding hydrogens is 254 g/mol. The number of amides is 1. The molecule has 0 saturated carbocycles. The van der Waals surface area contributed by atoms with Crippen LogP contribution in [0.15, 0.2) is 54.6 Å². The molecule has 0 unspecified atom stereocenters. The number of carbonyl (C=O) groups excluding carboxylic acids is 1. The number of halogens is 3. The van der Waals surface area contributed by atoms with Gasteiger partial charge in [0.1, 0.15) is 0 Å². The second-order valence-electron chi connectivity index (χ2n) is 4.02. The lowest BCUT2D eigenvalue weighted by molar-refractivity contribution is 0.102. The van der Waals surface area contributed by atoms with Gasteiger partial charge < -0.3 is 18.3 Å². The summed E-state index contributed by atoms with van der Waals surface area (Å²) in [5, 5.41) is 2.60. The molecule has 2 aromatic carbocycles. The zero-order chi connectivity index (χ0) is 13.9. The van der Waals surface area contributed by atoms with E-state index in [2.05, 4.69) is 5.32 Å². The van der Waals surface area contributed by atoms with Crippen LogP contribution < -0.4 is 10.8 Å². The van der Waals surface area contributed by atoms with Crippen LogP contribution in [0.5, 0.6) is 0 Å². The van der Waals surface area contributed by atoms with Gasteiger partial charge in [-0.1, -0.05) is 42.5 Å². The molecule has 0 aromatic heterocycles. The Hall–Kier alpha value is -2.24. The molecule has 1 amide bonds. The van der Waals surface area contributed by atoms with E-state index >= 15 is 0 Å². The molecule has 0 bridgehead atoms. The lowest BCUT2D eigenvalue weighted by Gasteiger charge is -2.14. The van der Waals surface area contributed by atoms with Gasteiger partial charge in [0.15, 0.2) is 0 Å². The van der Waals surface area contributed by atoms with Gasteiger partial charge in [-0.3, -0.25) is 4.79 Å². The van der Waals surface area contributed by atoms with Crippen molar-refractivity contribution in [2.75, 3.05) is 5.32 Å². The van der Waals surface area contributed by atoms with Crippen LogP contribution in [0.2, 0.25) is 0 Å². The summed E-state index contributed by atoms with van der Waals surface area (Å²) < 4.78 is 37.3. The molecule has 0 aliphatic heterocycles. The number of anilines is 1. The number of carbonyl (C=O) groups is 1. The highest BCUT2D eigenvalue weighted by Crippen LogP contribution is 2.11. The Morgan fingerprint density at radius 1 is 0.895 bits per heavy atom. The van der Waals surface area contributed by atoms with Crippen molar-refractivity contribution in [3.8, 4) is 0 Å². The van der Waals surface area contributed by atoms with Crippen molar-refractivity contribution in [1.82, 2.24) is 0 Å². The summed E-state index contributed by atoms with van der Waals surface area (Å²) in [6.45, 7) is -5.03. The maximum Gasteiger partial charge on any atom is 0.509 e. The van der Waals surface area contributed by atoms with Crippen molar-refractivity contribution in [2.45, 2.75) is 0 Å². The summed E-state index contributed by atoms with van der Waals surface area (Å²) >= 11 is 0. The largest absolute Gasteiger partial charge is 0.509 e. The highest BCUT2D eigenvalue weighted by atomic mass is 19.4. The van der Waals surface area contributed by atoms with E-state index in [4.69, 9.17) is 0 Å². The van der Waals surface area contributed by atoms with E-state index in [9.17, 15) is 17.7 Å². The van der Waals surface area contributed by atoms with Gasteiger partial charge in [-0.2, -0.15) is 0 Å². The monoisotopic (exact) mass is 264 g/mol. The first-order chi connectivity index (χ1) is 8.97. The summed E-state index contributed by atoms with van der Waals surface area (Å²) in [5.74, 6) is -0.438. The smallest absolute Gasteiger partial charge is 0.445 e. The lowest BCUT2D eigenvalue weighted by atomic mass is 9.80. The predicted molar refractivity (Wildman–Crippen MR) is 69.5 cm³/mol. The minimum atomic E-state index is -5.03. The molecule has 0 aliphatic carbocycles. The molecule has 2 rings (SSSR count). The van der Waals surface area contributed by atoms with E-state index in [1.54, 1.807) is 30.3 Å². The Morgan fingerprint density at radius 3 is 2.00 bits per heavy atom. The molecule has 0 spiro atoms. The van der Waals surface area contributed by atoms with Gasteiger partial charge in [0, 0.05) is 11.3 Å². The zero-order valence-electron chi connectivity index (χ0n) is 9.82. The lowest BCUT2D eigenvalue weighted by Crippen LogP contribution is -2.33. The number of hydrogen-bond donors (Lipinski definition) is 1. The summed E-state index contributed by atoms with van der Waals surface area (Å²) in [5.41, 5.74) is 0.0699. The summed E-state index contributed by atoms with van der Waals surface area (Å²) in [7, 11) is 0. The minimum Gasteiger partial charge on any atom is -0.445 e.